The lowest BCUT2D eigenvalue weighted by Crippen LogP contribution is -2.10. The summed E-state index contributed by atoms with van der Waals surface area (Å²) in [4.78, 5) is 10.5. The van der Waals surface area contributed by atoms with E-state index in [1.165, 1.54) is 6.07 Å². The Kier molecular flexibility index (Phi) is 8.16. The minimum atomic E-state index is -4.40. The number of thioether (sulfide) groups is 1. The molecule has 0 aliphatic heterocycles. The summed E-state index contributed by atoms with van der Waals surface area (Å²) in [5.74, 6) is 0.471. The number of alkyl halides is 3. The molecule has 0 saturated heterocycles. The highest BCUT2D eigenvalue weighted by Gasteiger charge is 2.34. The molecule has 2 aromatic carbocycles. The first-order valence-corrected chi connectivity index (χ1v) is 10.5. The van der Waals surface area contributed by atoms with Crippen LogP contribution in [0.2, 0.25) is 0 Å². The summed E-state index contributed by atoms with van der Waals surface area (Å²) in [7, 11) is 0. The van der Waals surface area contributed by atoms with Crippen molar-refractivity contribution < 1.29 is 28.2 Å². The molecule has 0 aromatic heterocycles. The summed E-state index contributed by atoms with van der Waals surface area (Å²) >= 11 is 1.68. The Hall–Kier alpha value is -1.99. The van der Waals surface area contributed by atoms with E-state index in [-0.39, 0.29) is 12.3 Å². The molecule has 3 rings (SSSR count). The van der Waals surface area contributed by atoms with Gasteiger partial charge in [-0.15, -0.1) is 11.8 Å². The van der Waals surface area contributed by atoms with Crippen LogP contribution in [0.3, 0.4) is 0 Å². The van der Waals surface area contributed by atoms with Crippen molar-refractivity contribution in [3.05, 3.63) is 64.7 Å². The third-order valence-electron chi connectivity index (χ3n) is 4.54. The number of benzene rings is 2. The molecular weight excluding hydrogens is 401 g/mol. The minimum Gasteiger partial charge on any atom is -0.481 e. The second kappa shape index (κ2) is 10.2. The minimum absolute atomic E-state index is 0.222. The number of rotatable bonds is 6. The standard InChI is InChI=1S/C19H19F3OS.C3H6O2/c1-2-24-15-8-5-13(6-9-15)18(23)17-11-14(19(20,21)22)7-10-16(17)12-3-4-12;1-2-3(4)5/h5-12,18,23H,2-4H2,1H3;2H2,1H3,(H,4,5). The molecule has 2 N–H and O–H groups in total. The molecule has 1 aliphatic carbocycles. The quantitative estimate of drug-likeness (QED) is 0.536. The van der Waals surface area contributed by atoms with Gasteiger partial charge in [0.25, 0.3) is 0 Å². The van der Waals surface area contributed by atoms with Crippen LogP contribution in [0.25, 0.3) is 0 Å². The van der Waals surface area contributed by atoms with Crippen LogP contribution in [-0.2, 0) is 11.0 Å². The van der Waals surface area contributed by atoms with Gasteiger partial charge in [-0.05, 0) is 65.5 Å². The average Bonchev–Trinajstić information content (AvgIpc) is 3.53. The van der Waals surface area contributed by atoms with Crippen LogP contribution in [0.1, 0.15) is 67.4 Å². The molecule has 0 heterocycles. The maximum atomic E-state index is 13.0. The lowest BCUT2D eigenvalue weighted by atomic mass is 9.92. The number of carboxylic acid groups (broad SMARTS) is 1. The average molecular weight is 427 g/mol. The highest BCUT2D eigenvalue weighted by Crippen LogP contribution is 2.45. The second-order valence-electron chi connectivity index (χ2n) is 6.77. The summed E-state index contributed by atoms with van der Waals surface area (Å²) in [6, 6.07) is 11.1. The first kappa shape index (κ1) is 23.3. The number of carbonyl (C=O) groups is 1. The molecule has 7 heteroatoms. The Morgan fingerprint density at radius 1 is 1.14 bits per heavy atom. The molecule has 0 spiro atoms. The fourth-order valence-electron chi connectivity index (χ4n) is 2.85. The van der Waals surface area contributed by atoms with Gasteiger partial charge in [0.1, 0.15) is 6.10 Å². The van der Waals surface area contributed by atoms with Gasteiger partial charge >= 0.3 is 12.1 Å². The molecule has 1 aliphatic rings. The van der Waals surface area contributed by atoms with Crippen LogP contribution in [0.15, 0.2) is 47.4 Å². The zero-order chi connectivity index (χ0) is 21.6. The summed E-state index contributed by atoms with van der Waals surface area (Å²) in [5.41, 5.74) is 1.13. The van der Waals surface area contributed by atoms with E-state index in [1.807, 2.05) is 12.1 Å². The number of aliphatic hydroxyl groups is 1. The number of aliphatic hydroxyl groups excluding tert-OH is 1. The van der Waals surface area contributed by atoms with Gasteiger partial charge in [0.15, 0.2) is 0 Å². The molecule has 0 bridgehead atoms. The summed E-state index contributed by atoms with van der Waals surface area (Å²) in [6.45, 7) is 3.65. The monoisotopic (exact) mass is 426 g/mol. The molecule has 29 heavy (non-hydrogen) atoms. The normalized spacial score (nSPS) is 14.7. The fourth-order valence-corrected chi connectivity index (χ4v) is 3.51. The van der Waals surface area contributed by atoms with Gasteiger partial charge in [-0.3, -0.25) is 4.79 Å². The van der Waals surface area contributed by atoms with Crippen LogP contribution in [0.4, 0.5) is 13.2 Å². The SMILES string of the molecule is CCC(=O)O.CCSc1ccc(C(O)c2cc(C(F)(F)F)ccc2C2CC2)cc1. The van der Waals surface area contributed by atoms with E-state index in [1.54, 1.807) is 30.8 Å². The topological polar surface area (TPSA) is 57.5 Å². The van der Waals surface area contributed by atoms with Crippen molar-refractivity contribution in [3.63, 3.8) is 0 Å². The van der Waals surface area contributed by atoms with Crippen molar-refractivity contribution in [2.45, 2.75) is 56.2 Å². The van der Waals surface area contributed by atoms with E-state index in [2.05, 4.69) is 6.92 Å². The molecule has 1 atom stereocenters. The third kappa shape index (κ3) is 6.78. The maximum Gasteiger partial charge on any atom is 0.416 e. The van der Waals surface area contributed by atoms with E-state index in [4.69, 9.17) is 5.11 Å². The van der Waals surface area contributed by atoms with Crippen LogP contribution < -0.4 is 0 Å². The Morgan fingerprint density at radius 2 is 1.72 bits per heavy atom. The molecule has 0 amide bonds. The molecule has 3 nitrogen and oxygen atoms in total. The van der Waals surface area contributed by atoms with Gasteiger partial charge in [0.2, 0.25) is 0 Å². The van der Waals surface area contributed by atoms with Gasteiger partial charge in [0, 0.05) is 11.3 Å². The summed E-state index contributed by atoms with van der Waals surface area (Å²) < 4.78 is 39.1. The number of halogens is 3. The Labute approximate surface area is 173 Å². The van der Waals surface area contributed by atoms with E-state index in [9.17, 15) is 23.1 Å². The van der Waals surface area contributed by atoms with E-state index in [0.29, 0.717) is 11.1 Å². The smallest absolute Gasteiger partial charge is 0.416 e. The highest BCUT2D eigenvalue weighted by atomic mass is 32.2. The van der Waals surface area contributed by atoms with Crippen molar-refractivity contribution in [2.24, 2.45) is 0 Å². The Bertz CT molecular complexity index is 815. The molecule has 1 unspecified atom stereocenters. The van der Waals surface area contributed by atoms with Crippen molar-refractivity contribution >= 4 is 17.7 Å². The molecule has 158 valence electrons. The zero-order valence-corrected chi connectivity index (χ0v) is 17.2. The van der Waals surface area contributed by atoms with E-state index < -0.39 is 23.8 Å². The Balaban J connectivity index is 0.000000537. The summed E-state index contributed by atoms with van der Waals surface area (Å²) in [5, 5.41) is 18.4. The molecule has 2 aromatic rings. The second-order valence-corrected chi connectivity index (χ2v) is 8.11. The van der Waals surface area contributed by atoms with Gasteiger partial charge < -0.3 is 10.2 Å². The van der Waals surface area contributed by atoms with Crippen LogP contribution in [-0.4, -0.2) is 21.9 Å². The van der Waals surface area contributed by atoms with Crippen LogP contribution in [0, 0.1) is 0 Å². The molecular formula is C22H25F3O3S. The Morgan fingerprint density at radius 3 is 2.17 bits per heavy atom. The number of hydrogen-bond donors (Lipinski definition) is 2. The van der Waals surface area contributed by atoms with Crippen LogP contribution >= 0.6 is 11.8 Å². The highest BCUT2D eigenvalue weighted by molar-refractivity contribution is 7.99. The van der Waals surface area contributed by atoms with Crippen molar-refractivity contribution in [3.8, 4) is 0 Å². The number of hydrogen-bond acceptors (Lipinski definition) is 3. The van der Waals surface area contributed by atoms with E-state index in [0.717, 1.165) is 41.2 Å². The molecule has 1 fully saturated rings. The molecule has 0 radical (unpaired) electrons. The maximum absolute atomic E-state index is 13.0. The van der Waals surface area contributed by atoms with Gasteiger partial charge in [-0.25, -0.2) is 0 Å². The first-order valence-electron chi connectivity index (χ1n) is 9.51. The lowest BCUT2D eigenvalue weighted by Gasteiger charge is -2.18. The summed E-state index contributed by atoms with van der Waals surface area (Å²) in [6.07, 6.45) is -3.28. The van der Waals surface area contributed by atoms with Crippen molar-refractivity contribution in [2.75, 3.05) is 5.75 Å². The number of carboxylic acids is 1. The van der Waals surface area contributed by atoms with Gasteiger partial charge in [-0.2, -0.15) is 13.2 Å². The van der Waals surface area contributed by atoms with Crippen molar-refractivity contribution in [1.82, 2.24) is 0 Å². The molecule has 1 saturated carbocycles. The van der Waals surface area contributed by atoms with Gasteiger partial charge in [-0.1, -0.05) is 32.0 Å². The van der Waals surface area contributed by atoms with Crippen LogP contribution in [0.5, 0.6) is 0 Å². The number of aliphatic carboxylic acids is 1. The predicted octanol–water partition coefficient (Wildman–Crippen LogP) is 6.26. The fraction of sp³-hybridized carbons (Fsp3) is 0.409. The first-order chi connectivity index (χ1) is 13.7. The largest absolute Gasteiger partial charge is 0.481 e. The van der Waals surface area contributed by atoms with Gasteiger partial charge in [0.05, 0.1) is 5.56 Å². The van der Waals surface area contributed by atoms with E-state index >= 15 is 0 Å². The third-order valence-corrected chi connectivity index (χ3v) is 5.43. The van der Waals surface area contributed by atoms with Crippen molar-refractivity contribution in [1.29, 1.82) is 0 Å². The predicted molar refractivity (Wildman–Crippen MR) is 108 cm³/mol. The lowest BCUT2D eigenvalue weighted by molar-refractivity contribution is -0.138. The zero-order valence-electron chi connectivity index (χ0n) is 16.4.